The predicted octanol–water partition coefficient (Wildman–Crippen LogP) is 4.90. The lowest BCUT2D eigenvalue weighted by Crippen LogP contribution is -2.71. The van der Waals surface area contributed by atoms with Crippen LogP contribution < -0.4 is 15.4 Å². The lowest BCUT2D eigenvalue weighted by molar-refractivity contribution is -0.387. The molecular weight excluding hydrogens is 705 g/mol. The van der Waals surface area contributed by atoms with E-state index in [1.54, 1.807) is 86.6 Å². The SMILES string of the molecule is CC1(C)S[C@@H]2[C@H](NC(=O)[C@H](NC(=O)C#Cc3ccc(NSc4ccccc4[N+](=O)[O-])cc3)c3ccccc3)C(=O)N2[C@H]1C(=O)O.CCN(CC)CC. The Bertz CT molecular complexity index is 1820. The van der Waals surface area contributed by atoms with E-state index in [0.29, 0.717) is 21.7 Å². The number of para-hydroxylation sites is 1. The molecule has 0 bridgehead atoms. The van der Waals surface area contributed by atoms with Gasteiger partial charge in [0.2, 0.25) is 11.8 Å². The molecule has 274 valence electrons. The fraction of sp³-hybridized carbons (Fsp3) is 0.351. The molecule has 0 aromatic heterocycles. The molecule has 5 rings (SSSR count). The van der Waals surface area contributed by atoms with Crippen molar-refractivity contribution in [3.63, 3.8) is 0 Å². The van der Waals surface area contributed by atoms with Crippen LogP contribution in [-0.4, -0.2) is 85.4 Å². The summed E-state index contributed by atoms with van der Waals surface area (Å²) in [5.41, 5.74) is 1.64. The third-order valence-electron chi connectivity index (χ3n) is 8.53. The quantitative estimate of drug-likeness (QED) is 0.0653. The fourth-order valence-corrected chi connectivity index (χ4v) is 8.11. The molecule has 52 heavy (non-hydrogen) atoms. The minimum atomic E-state index is -1.16. The van der Waals surface area contributed by atoms with Crippen molar-refractivity contribution in [2.75, 3.05) is 24.4 Å². The molecule has 0 unspecified atom stereocenters. The Morgan fingerprint density at radius 2 is 1.62 bits per heavy atom. The Kier molecular flexibility index (Phi) is 13.7. The number of carboxylic acid groups (broad SMARTS) is 1. The molecule has 2 saturated heterocycles. The molecule has 0 radical (unpaired) electrons. The van der Waals surface area contributed by atoms with E-state index >= 15 is 0 Å². The van der Waals surface area contributed by atoms with Crippen molar-refractivity contribution in [1.29, 1.82) is 0 Å². The highest BCUT2D eigenvalue weighted by Crippen LogP contribution is 2.50. The first-order chi connectivity index (χ1) is 24.8. The first kappa shape index (κ1) is 39.7. The van der Waals surface area contributed by atoms with Crippen molar-refractivity contribution in [2.45, 2.75) is 67.8 Å². The average Bonchev–Trinajstić information content (AvgIpc) is 3.40. The number of carbonyl (C=O) groups is 4. The highest BCUT2D eigenvalue weighted by Gasteiger charge is 2.64. The Labute approximate surface area is 311 Å². The van der Waals surface area contributed by atoms with Gasteiger partial charge in [-0.3, -0.25) is 24.5 Å². The van der Waals surface area contributed by atoms with E-state index in [0.717, 1.165) is 11.9 Å². The largest absolute Gasteiger partial charge is 0.480 e. The Morgan fingerprint density at radius 3 is 2.19 bits per heavy atom. The van der Waals surface area contributed by atoms with Crippen LogP contribution >= 0.6 is 23.7 Å². The van der Waals surface area contributed by atoms with Crippen LogP contribution in [0, 0.1) is 22.0 Å². The zero-order chi connectivity index (χ0) is 38.0. The Balaban J connectivity index is 0.000000785. The van der Waals surface area contributed by atoms with Crippen molar-refractivity contribution < 1.29 is 29.2 Å². The van der Waals surface area contributed by atoms with Crippen LogP contribution in [0.1, 0.15) is 51.8 Å². The molecule has 4 N–H and O–H groups in total. The molecule has 2 aliphatic rings. The van der Waals surface area contributed by atoms with Crippen molar-refractivity contribution >= 4 is 58.8 Å². The maximum Gasteiger partial charge on any atom is 0.327 e. The second kappa shape index (κ2) is 17.9. The molecule has 0 saturated carbocycles. The summed E-state index contributed by atoms with van der Waals surface area (Å²) in [5, 5.41) is 25.6. The van der Waals surface area contributed by atoms with Gasteiger partial charge in [0.05, 0.1) is 4.92 Å². The minimum Gasteiger partial charge on any atom is -0.480 e. The number of nitro groups is 1. The fourth-order valence-electron chi connectivity index (χ4n) is 5.72. The third-order valence-corrected chi connectivity index (χ3v) is 11.0. The molecule has 13 nitrogen and oxygen atoms in total. The second-order valence-electron chi connectivity index (χ2n) is 12.3. The standard InChI is InChI=1S/C31H27N5O7S2.C6H15N/c1-31(2)26(30(40)41)35-28(39)25(29(35)44-31)33-27(38)24(19-8-4-3-5-9-19)32-23(37)17-14-18-12-15-20(16-13-18)34-45-22-11-7-6-10-21(22)36(42)43;1-4-7(5-2)6-3/h3-13,15-16,24-26,29,34H,1-2H3,(H,32,37)(H,33,38)(H,40,41);4-6H2,1-3H3/t24-,25-,26+,29-;/m1./s1. The number of nitrogens with one attached hydrogen (secondary N) is 3. The van der Waals surface area contributed by atoms with Gasteiger partial charge in [-0.25, -0.2) is 4.79 Å². The van der Waals surface area contributed by atoms with E-state index < -0.39 is 56.9 Å². The number of β-lactam (4-membered cyclic amide) rings is 1. The van der Waals surface area contributed by atoms with Crippen LogP contribution in [0.3, 0.4) is 0 Å². The van der Waals surface area contributed by atoms with Crippen LogP contribution in [0.4, 0.5) is 11.4 Å². The number of rotatable bonds is 12. The second-order valence-corrected chi connectivity index (χ2v) is 14.9. The summed E-state index contributed by atoms with van der Waals surface area (Å²) < 4.78 is 2.30. The number of aliphatic carboxylic acids is 1. The van der Waals surface area contributed by atoms with Crippen LogP contribution in [0.5, 0.6) is 0 Å². The van der Waals surface area contributed by atoms with E-state index in [9.17, 15) is 34.4 Å². The monoisotopic (exact) mass is 746 g/mol. The van der Waals surface area contributed by atoms with Gasteiger partial charge in [-0.05, 0) is 81.3 Å². The van der Waals surface area contributed by atoms with Gasteiger partial charge in [0.25, 0.3) is 11.6 Å². The van der Waals surface area contributed by atoms with E-state index in [2.05, 4.69) is 52.9 Å². The van der Waals surface area contributed by atoms with Gasteiger partial charge < -0.3 is 30.3 Å². The molecule has 3 aromatic rings. The number of hydrogen-bond acceptors (Lipinski definition) is 10. The molecular formula is C37H42N6O7S2. The number of nitrogens with zero attached hydrogens (tertiary/aromatic N) is 3. The average molecular weight is 747 g/mol. The maximum absolute atomic E-state index is 13.4. The van der Waals surface area contributed by atoms with Gasteiger partial charge in [-0.1, -0.05) is 69.2 Å². The molecule has 3 amide bonds. The van der Waals surface area contributed by atoms with Crippen molar-refractivity contribution in [3.8, 4) is 11.8 Å². The van der Waals surface area contributed by atoms with Crippen molar-refractivity contribution in [3.05, 3.63) is 100 Å². The van der Waals surface area contributed by atoms with E-state index in [1.165, 1.54) is 42.4 Å². The number of hydrogen-bond donors (Lipinski definition) is 4. The van der Waals surface area contributed by atoms with Crippen LogP contribution in [0.25, 0.3) is 0 Å². The first-order valence-corrected chi connectivity index (χ1v) is 18.4. The van der Waals surface area contributed by atoms with E-state index in [1.807, 2.05) is 0 Å². The summed E-state index contributed by atoms with van der Waals surface area (Å²) >= 11 is 2.40. The Morgan fingerprint density at radius 1 is 1.00 bits per heavy atom. The number of anilines is 1. The summed E-state index contributed by atoms with van der Waals surface area (Å²) in [6.07, 6.45) is 0. The molecule has 15 heteroatoms. The Hall–Kier alpha value is -5.04. The van der Waals surface area contributed by atoms with Gasteiger partial charge in [0.15, 0.2) is 0 Å². The van der Waals surface area contributed by atoms with E-state index in [4.69, 9.17) is 0 Å². The number of benzene rings is 3. The van der Waals surface area contributed by atoms with Gasteiger partial charge in [-0.15, -0.1) is 11.8 Å². The van der Waals surface area contributed by atoms with Crippen LogP contribution in [0.2, 0.25) is 0 Å². The minimum absolute atomic E-state index is 0.0135. The molecule has 3 aromatic carbocycles. The van der Waals surface area contributed by atoms with Crippen molar-refractivity contribution in [2.24, 2.45) is 0 Å². The van der Waals surface area contributed by atoms with Gasteiger partial charge in [0, 0.05) is 28.0 Å². The zero-order valence-corrected chi connectivity index (χ0v) is 31.1. The van der Waals surface area contributed by atoms with Gasteiger partial charge in [-0.2, -0.15) is 0 Å². The molecule has 0 spiro atoms. The molecule has 4 atom stereocenters. The molecule has 2 heterocycles. The maximum atomic E-state index is 13.4. The summed E-state index contributed by atoms with van der Waals surface area (Å²) in [5.74, 6) is 2.29. The zero-order valence-electron chi connectivity index (χ0n) is 29.5. The third kappa shape index (κ3) is 9.64. The summed E-state index contributed by atoms with van der Waals surface area (Å²) in [6, 6.07) is 18.5. The van der Waals surface area contributed by atoms with E-state index in [-0.39, 0.29) is 5.69 Å². The number of carboxylic acids is 1. The number of nitro benzene ring substituents is 1. The molecule has 0 aliphatic carbocycles. The summed E-state index contributed by atoms with van der Waals surface area (Å²) in [7, 11) is 0. The molecule has 2 aliphatic heterocycles. The lowest BCUT2D eigenvalue weighted by atomic mass is 9.95. The summed E-state index contributed by atoms with van der Waals surface area (Å²) in [6.45, 7) is 13.6. The lowest BCUT2D eigenvalue weighted by Gasteiger charge is -2.44. The number of thioether (sulfide) groups is 1. The highest BCUT2D eigenvalue weighted by molar-refractivity contribution is 8.01. The van der Waals surface area contributed by atoms with Gasteiger partial charge in [0.1, 0.15) is 28.4 Å². The first-order valence-electron chi connectivity index (χ1n) is 16.7. The van der Waals surface area contributed by atoms with Crippen LogP contribution in [0.15, 0.2) is 83.8 Å². The topological polar surface area (TPSA) is 174 Å². The molecule has 2 fully saturated rings. The predicted molar refractivity (Wildman–Crippen MR) is 202 cm³/mol. The van der Waals surface area contributed by atoms with Crippen LogP contribution in [-0.2, 0) is 19.2 Å². The van der Waals surface area contributed by atoms with Gasteiger partial charge >= 0.3 is 5.97 Å². The smallest absolute Gasteiger partial charge is 0.327 e. The highest BCUT2D eigenvalue weighted by atomic mass is 32.2. The van der Waals surface area contributed by atoms with Crippen molar-refractivity contribution in [1.82, 2.24) is 20.4 Å². The number of amides is 3. The summed E-state index contributed by atoms with van der Waals surface area (Å²) in [4.78, 5) is 65.8. The number of fused-ring (bicyclic) bond motifs is 1. The number of carbonyl (C=O) groups excluding carboxylic acids is 3. The normalized spacial score (nSPS) is 18.7.